The van der Waals surface area contributed by atoms with Crippen molar-refractivity contribution in [2.75, 3.05) is 7.11 Å². The molecule has 0 fully saturated rings. The summed E-state index contributed by atoms with van der Waals surface area (Å²) < 4.78 is 6.75. The van der Waals surface area contributed by atoms with Gasteiger partial charge in [-0.2, -0.15) is 0 Å². The third kappa shape index (κ3) is 2.37. The zero-order valence-electron chi connectivity index (χ0n) is 11.1. The third-order valence-corrected chi connectivity index (χ3v) is 3.20. The first-order chi connectivity index (χ1) is 8.65. The first-order valence-electron chi connectivity index (χ1n) is 6.16. The first-order valence-corrected chi connectivity index (χ1v) is 6.16. The number of hydrogen-bond donors (Lipinski definition) is 0. The Morgan fingerprint density at radius 2 is 2.22 bits per heavy atom. The van der Waals surface area contributed by atoms with E-state index in [0.717, 1.165) is 28.8 Å². The number of esters is 1. The lowest BCUT2D eigenvalue weighted by atomic mass is 10.1. The van der Waals surface area contributed by atoms with Gasteiger partial charge in [-0.25, -0.2) is 4.98 Å². The molecule has 1 aromatic heterocycles. The Morgan fingerprint density at radius 1 is 1.44 bits per heavy atom. The van der Waals surface area contributed by atoms with Crippen LogP contribution in [-0.2, 0) is 29.4 Å². The van der Waals surface area contributed by atoms with E-state index in [1.165, 1.54) is 7.11 Å². The minimum Gasteiger partial charge on any atom is -0.469 e. The maximum absolute atomic E-state index is 11.1. The zero-order chi connectivity index (χ0) is 13.1. The maximum Gasteiger partial charge on any atom is 0.305 e. The minimum atomic E-state index is -0.176. The van der Waals surface area contributed by atoms with Gasteiger partial charge < -0.3 is 9.30 Å². The normalized spacial score (nSPS) is 10.8. The standard InChI is InChI=1S/C14H18N2O2/c1-4-13-15-11-9-10(6-8-14(17)18-3)5-7-12(11)16(13)2/h5,7,9H,4,6,8H2,1-3H3. The molecule has 0 unspecified atom stereocenters. The first kappa shape index (κ1) is 12.6. The summed E-state index contributed by atoms with van der Waals surface area (Å²) in [6.07, 6.45) is 2.03. The molecule has 0 amide bonds. The molecule has 96 valence electrons. The van der Waals surface area contributed by atoms with E-state index in [-0.39, 0.29) is 5.97 Å². The zero-order valence-corrected chi connectivity index (χ0v) is 11.1. The molecule has 2 rings (SSSR count). The van der Waals surface area contributed by atoms with E-state index < -0.39 is 0 Å². The van der Waals surface area contributed by atoms with Crippen LogP contribution in [0.1, 0.15) is 24.7 Å². The van der Waals surface area contributed by atoms with E-state index in [4.69, 9.17) is 0 Å². The van der Waals surface area contributed by atoms with E-state index >= 15 is 0 Å². The van der Waals surface area contributed by atoms with Gasteiger partial charge in [-0.15, -0.1) is 0 Å². The average Bonchev–Trinajstić information content (AvgIpc) is 2.72. The number of methoxy groups -OCH3 is 1. The molecule has 0 N–H and O–H groups in total. The number of benzene rings is 1. The van der Waals surface area contributed by atoms with Crippen molar-refractivity contribution in [3.63, 3.8) is 0 Å². The summed E-state index contributed by atoms with van der Waals surface area (Å²) in [7, 11) is 3.44. The summed E-state index contributed by atoms with van der Waals surface area (Å²) >= 11 is 0. The van der Waals surface area contributed by atoms with Crippen molar-refractivity contribution >= 4 is 17.0 Å². The van der Waals surface area contributed by atoms with Crippen molar-refractivity contribution in [3.05, 3.63) is 29.6 Å². The van der Waals surface area contributed by atoms with Gasteiger partial charge in [-0.1, -0.05) is 13.0 Å². The SMILES string of the molecule is CCc1nc2cc(CCC(=O)OC)ccc2n1C. The number of imidazole rings is 1. The summed E-state index contributed by atoms with van der Waals surface area (Å²) in [5, 5.41) is 0. The van der Waals surface area contributed by atoms with Gasteiger partial charge in [0.05, 0.1) is 18.1 Å². The number of rotatable bonds is 4. The number of carbonyl (C=O) groups is 1. The van der Waals surface area contributed by atoms with Crippen LogP contribution >= 0.6 is 0 Å². The Balaban J connectivity index is 2.24. The Hall–Kier alpha value is -1.84. The number of aryl methyl sites for hydroxylation is 3. The van der Waals surface area contributed by atoms with E-state index in [9.17, 15) is 4.79 Å². The Bertz CT molecular complexity index is 572. The third-order valence-electron chi connectivity index (χ3n) is 3.20. The van der Waals surface area contributed by atoms with Crippen LogP contribution in [0.2, 0.25) is 0 Å². The lowest BCUT2D eigenvalue weighted by Crippen LogP contribution is -2.01. The van der Waals surface area contributed by atoms with Gasteiger partial charge in [0, 0.05) is 19.9 Å². The number of carbonyl (C=O) groups excluding carboxylic acids is 1. The number of nitrogens with zero attached hydrogens (tertiary/aromatic N) is 2. The van der Waals surface area contributed by atoms with Crippen LogP contribution < -0.4 is 0 Å². The monoisotopic (exact) mass is 246 g/mol. The van der Waals surface area contributed by atoms with Crippen molar-refractivity contribution in [1.29, 1.82) is 0 Å². The smallest absolute Gasteiger partial charge is 0.305 e. The molecule has 4 nitrogen and oxygen atoms in total. The van der Waals surface area contributed by atoms with Gasteiger partial charge in [0.15, 0.2) is 0 Å². The molecule has 0 radical (unpaired) electrons. The van der Waals surface area contributed by atoms with Crippen LogP contribution in [0.5, 0.6) is 0 Å². The molecule has 0 aliphatic rings. The molecule has 0 spiro atoms. The van der Waals surface area contributed by atoms with Gasteiger partial charge >= 0.3 is 5.97 Å². The molecule has 0 atom stereocenters. The summed E-state index contributed by atoms with van der Waals surface area (Å²) in [4.78, 5) is 15.7. The highest BCUT2D eigenvalue weighted by atomic mass is 16.5. The Morgan fingerprint density at radius 3 is 2.89 bits per heavy atom. The highest BCUT2D eigenvalue weighted by Crippen LogP contribution is 2.18. The predicted octanol–water partition coefficient (Wildman–Crippen LogP) is 2.24. The maximum atomic E-state index is 11.1. The van der Waals surface area contributed by atoms with Crippen LogP contribution in [0.25, 0.3) is 11.0 Å². The quantitative estimate of drug-likeness (QED) is 0.777. The fraction of sp³-hybridized carbons (Fsp3) is 0.429. The summed E-state index contributed by atoms with van der Waals surface area (Å²) in [6, 6.07) is 6.16. The van der Waals surface area contributed by atoms with Crippen molar-refractivity contribution in [3.8, 4) is 0 Å². The van der Waals surface area contributed by atoms with Crippen LogP contribution in [-0.4, -0.2) is 22.6 Å². The molecular weight excluding hydrogens is 228 g/mol. The molecule has 2 aromatic rings. The highest BCUT2D eigenvalue weighted by Gasteiger charge is 2.07. The second kappa shape index (κ2) is 5.21. The number of aromatic nitrogens is 2. The molecule has 0 saturated carbocycles. The molecular formula is C14H18N2O2. The fourth-order valence-corrected chi connectivity index (χ4v) is 2.12. The van der Waals surface area contributed by atoms with Gasteiger partial charge in [0.2, 0.25) is 0 Å². The van der Waals surface area contributed by atoms with Crippen LogP contribution in [0.3, 0.4) is 0 Å². The van der Waals surface area contributed by atoms with Gasteiger partial charge in [0.25, 0.3) is 0 Å². The Kier molecular flexibility index (Phi) is 3.65. The molecule has 18 heavy (non-hydrogen) atoms. The van der Waals surface area contributed by atoms with Gasteiger partial charge in [0.1, 0.15) is 5.82 Å². The van der Waals surface area contributed by atoms with E-state index in [0.29, 0.717) is 12.8 Å². The van der Waals surface area contributed by atoms with E-state index in [1.807, 2.05) is 13.1 Å². The Labute approximate surface area is 107 Å². The predicted molar refractivity (Wildman–Crippen MR) is 70.4 cm³/mol. The second-order valence-electron chi connectivity index (χ2n) is 4.34. The molecule has 0 aliphatic heterocycles. The topological polar surface area (TPSA) is 44.1 Å². The van der Waals surface area contributed by atoms with Crippen LogP contribution in [0.15, 0.2) is 18.2 Å². The van der Waals surface area contributed by atoms with E-state index in [2.05, 4.69) is 33.3 Å². The molecule has 0 saturated heterocycles. The number of ether oxygens (including phenoxy) is 1. The minimum absolute atomic E-state index is 0.176. The van der Waals surface area contributed by atoms with E-state index in [1.54, 1.807) is 0 Å². The van der Waals surface area contributed by atoms with Crippen molar-refractivity contribution in [2.45, 2.75) is 26.2 Å². The molecule has 1 aromatic carbocycles. The van der Waals surface area contributed by atoms with Crippen molar-refractivity contribution < 1.29 is 9.53 Å². The molecule has 1 heterocycles. The lowest BCUT2D eigenvalue weighted by molar-refractivity contribution is -0.140. The fourth-order valence-electron chi connectivity index (χ4n) is 2.12. The number of hydrogen-bond acceptors (Lipinski definition) is 3. The molecule has 4 heteroatoms. The average molecular weight is 246 g/mol. The van der Waals surface area contributed by atoms with Gasteiger partial charge in [-0.05, 0) is 24.1 Å². The highest BCUT2D eigenvalue weighted by molar-refractivity contribution is 5.77. The number of fused-ring (bicyclic) bond motifs is 1. The van der Waals surface area contributed by atoms with Crippen LogP contribution in [0.4, 0.5) is 0 Å². The summed E-state index contributed by atoms with van der Waals surface area (Å²) in [5.41, 5.74) is 3.25. The van der Waals surface area contributed by atoms with Crippen molar-refractivity contribution in [1.82, 2.24) is 9.55 Å². The largest absolute Gasteiger partial charge is 0.469 e. The van der Waals surface area contributed by atoms with Crippen molar-refractivity contribution in [2.24, 2.45) is 7.05 Å². The summed E-state index contributed by atoms with van der Waals surface area (Å²) in [5.74, 6) is 0.903. The molecule has 0 bridgehead atoms. The van der Waals surface area contributed by atoms with Gasteiger partial charge in [-0.3, -0.25) is 4.79 Å². The lowest BCUT2D eigenvalue weighted by Gasteiger charge is -2.01. The molecule has 0 aliphatic carbocycles. The summed E-state index contributed by atoms with van der Waals surface area (Å²) in [6.45, 7) is 2.10. The second-order valence-corrected chi connectivity index (χ2v) is 4.34. The van der Waals surface area contributed by atoms with Crippen LogP contribution in [0, 0.1) is 0 Å².